The first kappa shape index (κ1) is 10.1. The quantitative estimate of drug-likeness (QED) is 0.450. The Kier molecular flexibility index (Phi) is 3.39. The van der Waals surface area contributed by atoms with Gasteiger partial charge in [-0.3, -0.25) is 4.79 Å². The van der Waals surface area contributed by atoms with Gasteiger partial charge in [0.15, 0.2) is 0 Å². The lowest BCUT2D eigenvalue weighted by molar-refractivity contribution is -0.152. The molecule has 0 unspecified atom stereocenters. The fourth-order valence-corrected chi connectivity index (χ4v) is 1.09. The summed E-state index contributed by atoms with van der Waals surface area (Å²) in [5, 5.41) is 2.96. The van der Waals surface area contributed by atoms with E-state index >= 15 is 0 Å². The molecule has 0 aromatic carbocycles. The van der Waals surface area contributed by atoms with Gasteiger partial charge in [-0.05, 0) is 14.1 Å². The van der Waals surface area contributed by atoms with Crippen molar-refractivity contribution in [2.75, 3.05) is 27.2 Å². The summed E-state index contributed by atoms with van der Waals surface area (Å²) in [6.45, 7) is 1.51. The number of esters is 2. The van der Waals surface area contributed by atoms with Crippen LogP contribution in [0.2, 0.25) is 0 Å². The molecule has 1 rings (SSSR count). The Balaban J connectivity index is 2.22. The van der Waals surface area contributed by atoms with Crippen LogP contribution in [0.5, 0.6) is 0 Å². The molecule has 0 saturated carbocycles. The molecular weight excluding hydrogens is 172 g/mol. The number of carbonyl (C=O) groups excluding carboxylic acids is 2. The molecule has 0 aliphatic carbocycles. The van der Waals surface area contributed by atoms with E-state index in [1.54, 1.807) is 0 Å². The van der Waals surface area contributed by atoms with E-state index < -0.39 is 18.0 Å². The monoisotopic (exact) mass is 186 g/mol. The molecule has 0 aromatic heterocycles. The molecule has 1 fully saturated rings. The minimum Gasteiger partial charge on any atom is -0.392 e. The van der Waals surface area contributed by atoms with E-state index in [2.05, 4.69) is 10.1 Å². The first-order valence-electron chi connectivity index (χ1n) is 4.22. The summed E-state index contributed by atoms with van der Waals surface area (Å²) in [5.74, 6) is -0.892. The number of hydrogen-bond donors (Lipinski definition) is 1. The molecular formula is C8H14N2O3. The minimum atomic E-state index is -0.455. The number of nitrogens with one attached hydrogen (secondary N) is 1. The van der Waals surface area contributed by atoms with Crippen LogP contribution in [-0.2, 0) is 14.3 Å². The van der Waals surface area contributed by atoms with Crippen LogP contribution >= 0.6 is 0 Å². The Bertz CT molecular complexity index is 215. The molecule has 0 aromatic rings. The van der Waals surface area contributed by atoms with Crippen molar-refractivity contribution < 1.29 is 14.3 Å². The average molecular weight is 186 g/mol. The molecule has 0 amide bonds. The summed E-state index contributed by atoms with van der Waals surface area (Å²) in [5.41, 5.74) is 0. The number of ether oxygens (including phenoxy) is 1. The summed E-state index contributed by atoms with van der Waals surface area (Å²) < 4.78 is 4.38. The number of cyclic esters (lactones) is 2. The van der Waals surface area contributed by atoms with Crippen LogP contribution in [-0.4, -0.2) is 50.1 Å². The fraction of sp³-hybridized carbons (Fsp3) is 0.750. The maximum atomic E-state index is 10.9. The average Bonchev–Trinajstić information content (AvgIpc) is 2.29. The molecule has 1 saturated heterocycles. The van der Waals surface area contributed by atoms with E-state index in [1.165, 1.54) is 0 Å². The highest BCUT2D eigenvalue weighted by atomic mass is 16.6. The molecule has 1 N–H and O–H groups in total. The van der Waals surface area contributed by atoms with Crippen molar-refractivity contribution in [3.05, 3.63) is 0 Å². The topological polar surface area (TPSA) is 58.6 Å². The second kappa shape index (κ2) is 4.34. The van der Waals surface area contributed by atoms with Crippen LogP contribution in [0.1, 0.15) is 6.42 Å². The molecule has 1 aliphatic rings. The van der Waals surface area contributed by atoms with Gasteiger partial charge in [0.05, 0.1) is 6.42 Å². The van der Waals surface area contributed by atoms with Crippen molar-refractivity contribution in [3.63, 3.8) is 0 Å². The Labute approximate surface area is 77.0 Å². The van der Waals surface area contributed by atoms with Crippen molar-refractivity contribution >= 4 is 11.9 Å². The smallest absolute Gasteiger partial charge is 0.331 e. The molecule has 0 spiro atoms. The lowest BCUT2D eigenvalue weighted by Gasteiger charge is -2.11. The summed E-state index contributed by atoms with van der Waals surface area (Å²) >= 11 is 0. The van der Waals surface area contributed by atoms with Gasteiger partial charge in [-0.25, -0.2) is 4.79 Å². The van der Waals surface area contributed by atoms with Gasteiger partial charge >= 0.3 is 11.9 Å². The molecule has 13 heavy (non-hydrogen) atoms. The zero-order valence-corrected chi connectivity index (χ0v) is 7.87. The van der Waals surface area contributed by atoms with Crippen molar-refractivity contribution in [1.29, 1.82) is 0 Å². The zero-order valence-electron chi connectivity index (χ0n) is 7.87. The normalized spacial score (nSPS) is 22.5. The Morgan fingerprint density at radius 3 is 2.69 bits per heavy atom. The molecule has 1 aliphatic heterocycles. The number of nitrogens with zero attached hydrogens (tertiary/aromatic N) is 1. The largest absolute Gasteiger partial charge is 0.392 e. The molecule has 5 nitrogen and oxygen atoms in total. The molecule has 1 atom stereocenters. The van der Waals surface area contributed by atoms with E-state index in [-0.39, 0.29) is 6.42 Å². The van der Waals surface area contributed by atoms with Gasteiger partial charge in [0.1, 0.15) is 6.04 Å². The van der Waals surface area contributed by atoms with Crippen LogP contribution in [0.15, 0.2) is 0 Å². The van der Waals surface area contributed by atoms with E-state index in [0.29, 0.717) is 6.54 Å². The summed E-state index contributed by atoms with van der Waals surface area (Å²) in [6, 6.07) is -0.438. The molecule has 5 heteroatoms. The summed E-state index contributed by atoms with van der Waals surface area (Å²) in [4.78, 5) is 23.6. The molecule has 1 heterocycles. The Hall–Kier alpha value is -0.940. The third-order valence-electron chi connectivity index (χ3n) is 1.82. The first-order valence-corrected chi connectivity index (χ1v) is 4.22. The number of carbonyl (C=O) groups is 2. The van der Waals surface area contributed by atoms with Gasteiger partial charge in [0.2, 0.25) is 0 Å². The Morgan fingerprint density at radius 1 is 1.54 bits per heavy atom. The molecule has 0 bridgehead atoms. The predicted molar refractivity (Wildman–Crippen MR) is 46.1 cm³/mol. The number of hydrogen-bond acceptors (Lipinski definition) is 5. The van der Waals surface area contributed by atoms with E-state index in [4.69, 9.17) is 0 Å². The number of likely N-dealkylation sites (N-methyl/N-ethyl adjacent to an activating group) is 1. The standard InChI is InChI=1S/C8H14N2O3/c1-10(2)4-3-9-6-5-7(11)13-8(6)12/h6,9H,3-5H2,1-2H3/t6-/m0/s1. The highest BCUT2D eigenvalue weighted by molar-refractivity contribution is 5.96. The van der Waals surface area contributed by atoms with E-state index in [9.17, 15) is 9.59 Å². The van der Waals surface area contributed by atoms with Crippen LogP contribution < -0.4 is 5.32 Å². The third kappa shape index (κ3) is 3.12. The van der Waals surface area contributed by atoms with Crippen molar-refractivity contribution in [2.45, 2.75) is 12.5 Å². The van der Waals surface area contributed by atoms with Crippen LogP contribution in [0.3, 0.4) is 0 Å². The summed E-state index contributed by atoms with van der Waals surface area (Å²) in [7, 11) is 3.89. The first-order chi connectivity index (χ1) is 6.09. The van der Waals surface area contributed by atoms with Gasteiger partial charge in [0.25, 0.3) is 0 Å². The Morgan fingerprint density at radius 2 is 2.23 bits per heavy atom. The number of rotatable bonds is 4. The second-order valence-electron chi connectivity index (χ2n) is 3.31. The van der Waals surface area contributed by atoms with Crippen molar-refractivity contribution in [3.8, 4) is 0 Å². The highest BCUT2D eigenvalue weighted by Gasteiger charge is 2.32. The van der Waals surface area contributed by atoms with Crippen LogP contribution in [0.4, 0.5) is 0 Å². The third-order valence-corrected chi connectivity index (χ3v) is 1.82. The van der Waals surface area contributed by atoms with Crippen LogP contribution in [0, 0.1) is 0 Å². The molecule has 0 radical (unpaired) electrons. The second-order valence-corrected chi connectivity index (χ2v) is 3.31. The maximum absolute atomic E-state index is 10.9. The fourth-order valence-electron chi connectivity index (χ4n) is 1.09. The highest BCUT2D eigenvalue weighted by Crippen LogP contribution is 2.06. The lowest BCUT2D eigenvalue weighted by atomic mass is 10.2. The SMILES string of the molecule is CN(C)CCN[C@H]1CC(=O)OC1=O. The van der Waals surface area contributed by atoms with E-state index in [1.807, 2.05) is 19.0 Å². The van der Waals surface area contributed by atoms with Gasteiger partial charge in [-0.1, -0.05) is 0 Å². The van der Waals surface area contributed by atoms with Gasteiger partial charge in [0, 0.05) is 13.1 Å². The maximum Gasteiger partial charge on any atom is 0.331 e. The van der Waals surface area contributed by atoms with Crippen molar-refractivity contribution in [2.24, 2.45) is 0 Å². The predicted octanol–water partition coefficient (Wildman–Crippen LogP) is -1.02. The van der Waals surface area contributed by atoms with E-state index in [0.717, 1.165) is 6.54 Å². The summed E-state index contributed by atoms with van der Waals surface area (Å²) in [6.07, 6.45) is 0.159. The van der Waals surface area contributed by atoms with Crippen molar-refractivity contribution in [1.82, 2.24) is 10.2 Å². The van der Waals surface area contributed by atoms with Gasteiger partial charge in [-0.15, -0.1) is 0 Å². The van der Waals surface area contributed by atoms with Gasteiger partial charge in [-0.2, -0.15) is 0 Å². The zero-order chi connectivity index (χ0) is 9.84. The lowest BCUT2D eigenvalue weighted by Crippen LogP contribution is -2.37. The molecule has 74 valence electrons. The van der Waals surface area contributed by atoms with Gasteiger partial charge < -0.3 is 15.0 Å². The minimum absolute atomic E-state index is 0.159. The van der Waals surface area contributed by atoms with Crippen LogP contribution in [0.25, 0.3) is 0 Å².